The van der Waals surface area contributed by atoms with Crippen LogP contribution in [0.1, 0.15) is 122 Å². The molecule has 224 valence electrons. The summed E-state index contributed by atoms with van der Waals surface area (Å²) in [6.45, 7) is 28.4. The normalized spacial score (nSPS) is 13.1. The molecule has 0 N–H and O–H groups in total. The summed E-state index contributed by atoms with van der Waals surface area (Å²) in [4.78, 5) is 5.01. The van der Waals surface area contributed by atoms with Crippen molar-refractivity contribution in [2.45, 2.75) is 99.8 Å². The van der Waals surface area contributed by atoms with Gasteiger partial charge in [-0.05, 0) is 45.9 Å². The van der Waals surface area contributed by atoms with E-state index in [1.54, 1.807) is 6.07 Å². The number of nitrogens with zero attached hydrogens (tertiary/aromatic N) is 3. The third-order valence-corrected chi connectivity index (χ3v) is 8.38. The molecule has 0 aromatic heterocycles. The molecule has 0 aliphatic carbocycles. The van der Waals surface area contributed by atoms with Gasteiger partial charge in [0.05, 0.1) is 6.07 Å². The van der Waals surface area contributed by atoms with Crippen molar-refractivity contribution < 1.29 is 13.5 Å². The second kappa shape index (κ2) is 18.0. The molecule has 2 aromatic carbocycles. The zero-order valence-electron chi connectivity index (χ0n) is 26.4. The van der Waals surface area contributed by atoms with Gasteiger partial charge in [0.2, 0.25) is 0 Å². The predicted molar refractivity (Wildman–Crippen MR) is 177 cm³/mol. The van der Waals surface area contributed by atoms with E-state index < -0.39 is 13.5 Å². The summed E-state index contributed by atoms with van der Waals surface area (Å²) >= 11 is -1.52. The van der Waals surface area contributed by atoms with Crippen molar-refractivity contribution in [1.29, 1.82) is 5.26 Å². The zero-order chi connectivity index (χ0) is 30.6. The van der Waals surface area contributed by atoms with E-state index in [0.29, 0.717) is 23.7 Å². The average Bonchev–Trinajstić information content (AvgIpc) is 3.37. The number of allylic oxidation sites excluding steroid dienone is 2. The van der Waals surface area contributed by atoms with Crippen molar-refractivity contribution in [2.24, 2.45) is 0 Å². The molecule has 0 radical (unpaired) electrons. The Bertz CT molecular complexity index is 1030. The summed E-state index contributed by atoms with van der Waals surface area (Å²) in [6.07, 6.45) is 1.96. The van der Waals surface area contributed by atoms with Gasteiger partial charge in [-0.2, -0.15) is 11.9 Å². The molecule has 1 aliphatic rings. The molecule has 6 heteroatoms. The number of anilines is 2. The number of hydrogen-bond acceptors (Lipinski definition) is 3. The molecule has 1 heterocycles. The molecule has 2 aromatic rings. The van der Waals surface area contributed by atoms with Gasteiger partial charge in [-0.1, -0.05) is 91.8 Å². The quantitative estimate of drug-likeness (QED) is 0.217. The minimum Gasteiger partial charge on any atom is -0.502 e. The van der Waals surface area contributed by atoms with Gasteiger partial charge in [-0.3, -0.25) is 0 Å². The van der Waals surface area contributed by atoms with Crippen molar-refractivity contribution >= 4 is 35.4 Å². The number of hydrogen-bond donors (Lipinski definition) is 0. The predicted octanol–water partition coefficient (Wildman–Crippen LogP) is 10.8. The van der Waals surface area contributed by atoms with E-state index >= 15 is 0 Å². The summed E-state index contributed by atoms with van der Waals surface area (Å²) in [5.41, 5.74) is 9.91. The number of nitriles is 1. The van der Waals surface area contributed by atoms with Crippen LogP contribution in [0.5, 0.6) is 0 Å². The van der Waals surface area contributed by atoms with E-state index in [4.69, 9.17) is 24.6 Å². The number of benzene rings is 2. The van der Waals surface area contributed by atoms with Crippen LogP contribution in [-0.2, 0) is 13.5 Å². The van der Waals surface area contributed by atoms with E-state index in [-0.39, 0.29) is 0 Å². The van der Waals surface area contributed by atoms with Crippen LogP contribution in [0, 0.1) is 18.0 Å². The molecule has 0 saturated carbocycles. The maximum atomic E-state index is 7.32. The fraction of sp³-hybridized carbons (Fsp3) is 0.500. The summed E-state index contributed by atoms with van der Waals surface area (Å²) in [5, 5.41) is 7.32. The Morgan fingerprint density at radius 3 is 1.27 bits per heavy atom. The largest absolute Gasteiger partial charge is 0.502 e. The smallest absolute Gasteiger partial charge is 0.0156 e. The topological polar surface area (TPSA) is 30.3 Å². The summed E-state index contributed by atoms with van der Waals surface area (Å²) in [7, 11) is 11.1. The van der Waals surface area contributed by atoms with Crippen LogP contribution in [0.3, 0.4) is 0 Å². The van der Waals surface area contributed by atoms with Crippen molar-refractivity contribution in [3.05, 3.63) is 77.0 Å². The first-order valence-electron chi connectivity index (χ1n) is 14.2. The van der Waals surface area contributed by atoms with Gasteiger partial charge < -0.3 is 9.80 Å². The van der Waals surface area contributed by atoms with Crippen molar-refractivity contribution in [1.82, 2.24) is 0 Å². The van der Waals surface area contributed by atoms with Gasteiger partial charge in [0.1, 0.15) is 0 Å². The SMILES string of the molecule is CC#N.CC(C)=C[CH]=[Ru]([Cl])[Cl].CC(C)c1cccc(C(C)C)c1N1[CH-]N(c2c(C(C)C)cccc2C(C)C)CC1. The van der Waals surface area contributed by atoms with Crippen LogP contribution in [0.25, 0.3) is 0 Å². The monoisotopic (exact) mass is 672 g/mol. The van der Waals surface area contributed by atoms with Crippen LogP contribution < -0.4 is 9.80 Å². The first-order valence-corrected chi connectivity index (χ1v) is 19.7. The maximum Gasteiger partial charge on any atom is 0.0156 e. The van der Waals surface area contributed by atoms with Crippen molar-refractivity contribution in [3.8, 4) is 6.07 Å². The minimum atomic E-state index is -1.52. The van der Waals surface area contributed by atoms with Crippen LogP contribution in [0.2, 0.25) is 0 Å². The maximum absolute atomic E-state index is 7.32. The van der Waals surface area contributed by atoms with Gasteiger partial charge in [0, 0.05) is 31.4 Å². The Hall–Kier alpha value is -1.66. The van der Waals surface area contributed by atoms with E-state index in [9.17, 15) is 0 Å². The summed E-state index contributed by atoms with van der Waals surface area (Å²) < 4.78 is 1.88. The molecule has 3 rings (SSSR count). The molecule has 0 bridgehead atoms. The van der Waals surface area contributed by atoms with E-state index in [0.717, 1.165) is 13.1 Å². The van der Waals surface area contributed by atoms with Gasteiger partial charge in [0.15, 0.2) is 0 Å². The van der Waals surface area contributed by atoms with Crippen LogP contribution in [-0.4, -0.2) is 17.7 Å². The fourth-order valence-corrected chi connectivity index (χ4v) is 6.01. The Morgan fingerprint density at radius 2 is 1.07 bits per heavy atom. The first-order chi connectivity index (χ1) is 18.8. The van der Waals surface area contributed by atoms with Gasteiger partial charge in [0.25, 0.3) is 0 Å². The molecule has 1 aliphatic heterocycles. The van der Waals surface area contributed by atoms with E-state index in [1.807, 2.05) is 24.5 Å². The molecule has 40 heavy (non-hydrogen) atoms. The Balaban J connectivity index is 0.000000618. The molecule has 0 unspecified atom stereocenters. The Morgan fingerprint density at radius 1 is 0.775 bits per heavy atom. The van der Waals surface area contributed by atoms with Crippen LogP contribution >= 0.6 is 19.4 Å². The van der Waals surface area contributed by atoms with Crippen LogP contribution in [0.4, 0.5) is 11.4 Å². The third kappa shape index (κ3) is 11.0. The summed E-state index contributed by atoms with van der Waals surface area (Å²) in [6, 6.07) is 15.4. The number of halogens is 2. The molecule has 3 nitrogen and oxygen atoms in total. The Kier molecular flexibility index (Phi) is 16.4. The minimum absolute atomic E-state index is 0.514. The van der Waals surface area contributed by atoms with Gasteiger partial charge >= 0.3 is 63.0 Å². The average molecular weight is 673 g/mol. The zero-order valence-corrected chi connectivity index (χ0v) is 29.6. The van der Waals surface area contributed by atoms with Gasteiger partial charge in [-0.25, -0.2) is 0 Å². The van der Waals surface area contributed by atoms with E-state index in [1.165, 1.54) is 46.1 Å². The summed E-state index contributed by atoms with van der Waals surface area (Å²) in [5.74, 6) is 2.06. The molecule has 1 fully saturated rings. The van der Waals surface area contributed by atoms with Crippen LogP contribution in [0.15, 0.2) is 48.0 Å². The second-order valence-electron chi connectivity index (χ2n) is 11.5. The molecular weight excluding hydrogens is 622 g/mol. The van der Waals surface area contributed by atoms with Crippen molar-refractivity contribution in [3.63, 3.8) is 0 Å². The number of rotatable bonds is 7. The molecule has 0 amide bonds. The molecule has 0 spiro atoms. The standard InChI is InChI=1S/C27H39N2.C5H8.C2H3N.2ClH.Ru/c1-18(2)22-11-9-12-23(19(3)4)26(22)28-15-16-29(17-28)27-24(20(5)6)13-10-14-25(27)21(7)8;1-4-5(2)3;1-2-3;;;/h9-14,17-21H,15-16H2,1-8H3;1,4H,2-3H3;1H3;2*1H;/q-1;;;;;+2/p-2. The number of para-hydroxylation sites is 2. The second-order valence-corrected chi connectivity index (χ2v) is 17.3. The third-order valence-electron chi connectivity index (χ3n) is 6.60. The fourth-order valence-electron chi connectivity index (χ4n) is 4.69. The first kappa shape index (κ1) is 36.4. The molecule has 0 atom stereocenters. The van der Waals surface area contributed by atoms with Crippen molar-refractivity contribution in [2.75, 3.05) is 22.9 Å². The Labute approximate surface area is 258 Å². The van der Waals surface area contributed by atoms with E-state index in [2.05, 4.69) is 108 Å². The van der Waals surface area contributed by atoms with Gasteiger partial charge in [-0.15, -0.1) is 0 Å². The molecule has 1 saturated heterocycles. The molecular formula is C34H50Cl2N3Ru-.